The molecule has 4 aromatic rings. The van der Waals surface area contributed by atoms with Crippen LogP contribution in [0, 0.1) is 0 Å². The van der Waals surface area contributed by atoms with E-state index in [2.05, 4.69) is 15.5 Å². The van der Waals surface area contributed by atoms with Crippen molar-refractivity contribution in [2.45, 2.75) is 0 Å². The molecular formula is C18H10Cl2N4O3S. The molecule has 0 aliphatic carbocycles. The fourth-order valence-corrected chi connectivity index (χ4v) is 3.75. The van der Waals surface area contributed by atoms with Gasteiger partial charge in [-0.2, -0.15) is 5.10 Å². The van der Waals surface area contributed by atoms with E-state index in [1.54, 1.807) is 23.6 Å². The Labute approximate surface area is 172 Å². The summed E-state index contributed by atoms with van der Waals surface area (Å²) in [6.45, 7) is 0. The highest BCUT2D eigenvalue weighted by Gasteiger charge is 2.28. The van der Waals surface area contributed by atoms with Crippen LogP contribution in [-0.4, -0.2) is 31.7 Å². The van der Waals surface area contributed by atoms with Crippen LogP contribution in [0.25, 0.3) is 10.9 Å². The first-order valence-corrected chi connectivity index (χ1v) is 9.50. The van der Waals surface area contributed by atoms with Crippen LogP contribution in [0.2, 0.25) is 10.0 Å². The van der Waals surface area contributed by atoms with Crippen LogP contribution in [0.5, 0.6) is 5.88 Å². The van der Waals surface area contributed by atoms with Gasteiger partial charge in [0.25, 0.3) is 0 Å². The SMILES string of the molecule is O=C(c1cccs1)c1c(O)n(C(=O)Nc2cccnn2)c2cc(Cl)c(Cl)cc12. The van der Waals surface area contributed by atoms with E-state index in [0.29, 0.717) is 10.3 Å². The number of aromatic nitrogens is 3. The van der Waals surface area contributed by atoms with Gasteiger partial charge in [-0.25, -0.2) is 9.36 Å². The van der Waals surface area contributed by atoms with Crippen molar-refractivity contribution < 1.29 is 14.7 Å². The summed E-state index contributed by atoms with van der Waals surface area (Å²) < 4.78 is 0.951. The van der Waals surface area contributed by atoms with Crippen molar-refractivity contribution in [2.75, 3.05) is 5.32 Å². The Kier molecular flexibility index (Phi) is 4.76. The number of anilines is 1. The summed E-state index contributed by atoms with van der Waals surface area (Å²) in [7, 11) is 0. The molecule has 28 heavy (non-hydrogen) atoms. The highest BCUT2D eigenvalue weighted by Crippen LogP contribution is 2.38. The fourth-order valence-electron chi connectivity index (χ4n) is 2.76. The molecule has 10 heteroatoms. The van der Waals surface area contributed by atoms with E-state index in [9.17, 15) is 14.7 Å². The van der Waals surface area contributed by atoms with Crippen LogP contribution < -0.4 is 5.32 Å². The zero-order valence-corrected chi connectivity index (χ0v) is 16.2. The average molecular weight is 433 g/mol. The molecule has 140 valence electrons. The summed E-state index contributed by atoms with van der Waals surface area (Å²) in [5, 5.41) is 23.2. The Morgan fingerprint density at radius 1 is 1.14 bits per heavy atom. The van der Waals surface area contributed by atoms with Gasteiger partial charge in [0.1, 0.15) is 0 Å². The second-order valence-corrected chi connectivity index (χ2v) is 7.43. The third-order valence-electron chi connectivity index (χ3n) is 3.97. The maximum absolute atomic E-state index is 12.9. The van der Waals surface area contributed by atoms with Crippen LogP contribution in [-0.2, 0) is 0 Å². The summed E-state index contributed by atoms with van der Waals surface area (Å²) in [5.74, 6) is -0.769. The monoisotopic (exact) mass is 432 g/mol. The standard InChI is InChI=1S/C18H10Cl2N4O3S/c19-10-7-9-12(8-11(10)20)24(18(27)22-14-4-1-5-21-23-14)17(26)15(9)16(25)13-3-2-6-28-13/h1-8,26H,(H,22,23,27). The smallest absolute Gasteiger partial charge is 0.334 e. The zero-order valence-electron chi connectivity index (χ0n) is 13.9. The molecular weight excluding hydrogens is 423 g/mol. The largest absolute Gasteiger partial charge is 0.494 e. The second-order valence-electron chi connectivity index (χ2n) is 5.66. The minimum Gasteiger partial charge on any atom is -0.494 e. The predicted molar refractivity (Wildman–Crippen MR) is 108 cm³/mol. The molecule has 0 aliphatic heterocycles. The number of hydrogen-bond donors (Lipinski definition) is 2. The van der Waals surface area contributed by atoms with Gasteiger partial charge in [0.2, 0.25) is 11.7 Å². The predicted octanol–water partition coefficient (Wildman–Crippen LogP) is 4.82. The van der Waals surface area contributed by atoms with Crippen LogP contribution in [0.3, 0.4) is 0 Å². The molecule has 0 bridgehead atoms. The highest BCUT2D eigenvalue weighted by atomic mass is 35.5. The van der Waals surface area contributed by atoms with E-state index in [0.717, 1.165) is 4.57 Å². The molecule has 1 amide bonds. The molecule has 3 heterocycles. The number of nitrogens with one attached hydrogen (secondary N) is 1. The second kappa shape index (κ2) is 7.23. The molecule has 0 aliphatic rings. The third-order valence-corrected chi connectivity index (χ3v) is 5.56. The van der Waals surface area contributed by atoms with Crippen LogP contribution >= 0.6 is 34.5 Å². The lowest BCUT2D eigenvalue weighted by Gasteiger charge is -2.07. The van der Waals surface area contributed by atoms with Crippen LogP contribution in [0.15, 0.2) is 48.0 Å². The Balaban J connectivity index is 1.91. The molecule has 7 nitrogen and oxygen atoms in total. The fraction of sp³-hybridized carbons (Fsp3) is 0. The molecule has 2 N–H and O–H groups in total. The van der Waals surface area contributed by atoms with Crippen LogP contribution in [0.4, 0.5) is 10.6 Å². The average Bonchev–Trinajstić information content (AvgIpc) is 3.29. The number of ketones is 1. The number of halogens is 2. The highest BCUT2D eigenvalue weighted by molar-refractivity contribution is 7.12. The Morgan fingerprint density at radius 3 is 2.61 bits per heavy atom. The van der Waals surface area contributed by atoms with Crippen molar-refractivity contribution in [1.82, 2.24) is 14.8 Å². The van der Waals surface area contributed by atoms with E-state index in [-0.39, 0.29) is 26.9 Å². The molecule has 0 atom stereocenters. The molecule has 3 aromatic heterocycles. The van der Waals surface area contributed by atoms with Gasteiger partial charge >= 0.3 is 6.03 Å². The Bertz CT molecular complexity index is 1210. The number of carbonyl (C=O) groups is 2. The molecule has 0 radical (unpaired) electrons. The van der Waals surface area contributed by atoms with Gasteiger partial charge in [0, 0.05) is 11.6 Å². The normalized spacial score (nSPS) is 10.9. The number of carbonyl (C=O) groups excluding carboxylic acids is 2. The van der Waals surface area contributed by atoms with Gasteiger partial charge in [-0.1, -0.05) is 29.3 Å². The number of amides is 1. The molecule has 1 aromatic carbocycles. The number of fused-ring (bicyclic) bond motifs is 1. The van der Waals surface area contributed by atoms with Crippen molar-refractivity contribution in [3.63, 3.8) is 0 Å². The maximum Gasteiger partial charge on any atom is 0.334 e. The molecule has 0 spiro atoms. The van der Waals surface area contributed by atoms with Gasteiger partial charge in [-0.3, -0.25) is 10.1 Å². The molecule has 0 saturated heterocycles. The first-order chi connectivity index (χ1) is 13.5. The zero-order chi connectivity index (χ0) is 19.8. The summed E-state index contributed by atoms with van der Waals surface area (Å²) in [5.41, 5.74) is 0.193. The summed E-state index contributed by atoms with van der Waals surface area (Å²) in [4.78, 5) is 26.2. The minimum absolute atomic E-state index is 0.0367. The summed E-state index contributed by atoms with van der Waals surface area (Å²) >= 11 is 13.4. The van der Waals surface area contributed by atoms with Gasteiger partial charge in [0.15, 0.2) is 5.82 Å². The first kappa shape index (κ1) is 18.4. The minimum atomic E-state index is -0.730. The number of thiophene rings is 1. The summed E-state index contributed by atoms with van der Waals surface area (Å²) in [6, 6.07) is 8.62. The lowest BCUT2D eigenvalue weighted by Crippen LogP contribution is -2.20. The number of aromatic hydroxyl groups is 1. The van der Waals surface area contributed by atoms with E-state index in [1.165, 1.54) is 35.7 Å². The van der Waals surface area contributed by atoms with Crippen LogP contribution in [0.1, 0.15) is 15.2 Å². The van der Waals surface area contributed by atoms with E-state index in [1.807, 2.05) is 0 Å². The van der Waals surface area contributed by atoms with Crippen molar-refractivity contribution >= 4 is 63.1 Å². The quantitative estimate of drug-likeness (QED) is 0.452. The molecule has 4 rings (SSSR count). The lowest BCUT2D eigenvalue weighted by atomic mass is 10.1. The Hall–Kier alpha value is -2.94. The van der Waals surface area contributed by atoms with Crippen molar-refractivity contribution in [2.24, 2.45) is 0 Å². The van der Waals surface area contributed by atoms with Gasteiger partial charge < -0.3 is 5.11 Å². The van der Waals surface area contributed by atoms with E-state index < -0.39 is 17.7 Å². The van der Waals surface area contributed by atoms with E-state index >= 15 is 0 Å². The number of rotatable bonds is 3. The van der Waals surface area contributed by atoms with Crippen molar-refractivity contribution in [3.05, 3.63) is 68.5 Å². The van der Waals surface area contributed by atoms with E-state index in [4.69, 9.17) is 23.2 Å². The Morgan fingerprint density at radius 2 is 1.93 bits per heavy atom. The summed E-state index contributed by atoms with van der Waals surface area (Å²) in [6.07, 6.45) is 1.46. The van der Waals surface area contributed by atoms with Gasteiger partial charge in [-0.15, -0.1) is 16.4 Å². The third kappa shape index (κ3) is 3.11. The van der Waals surface area contributed by atoms with Gasteiger partial charge in [-0.05, 0) is 35.7 Å². The maximum atomic E-state index is 12.9. The number of nitrogens with zero attached hydrogens (tertiary/aromatic N) is 3. The lowest BCUT2D eigenvalue weighted by molar-refractivity contribution is 0.104. The van der Waals surface area contributed by atoms with Gasteiger partial charge in [0.05, 0.1) is 26.0 Å². The number of hydrogen-bond acceptors (Lipinski definition) is 6. The topological polar surface area (TPSA) is 97.1 Å². The molecule has 0 unspecified atom stereocenters. The van der Waals surface area contributed by atoms with Crippen molar-refractivity contribution in [1.29, 1.82) is 0 Å². The molecule has 0 fully saturated rings. The number of benzene rings is 1. The first-order valence-electron chi connectivity index (χ1n) is 7.87. The molecule has 0 saturated carbocycles. The van der Waals surface area contributed by atoms with Crippen molar-refractivity contribution in [3.8, 4) is 5.88 Å².